The van der Waals surface area contributed by atoms with E-state index in [4.69, 9.17) is 23.2 Å². The fourth-order valence-corrected chi connectivity index (χ4v) is 2.04. The van der Waals surface area contributed by atoms with Gasteiger partial charge in [-0.05, 0) is 30.3 Å². The van der Waals surface area contributed by atoms with Crippen LogP contribution in [0.4, 0.5) is 0 Å². The minimum atomic E-state index is 0.480. The Morgan fingerprint density at radius 2 is 1.44 bits per heavy atom. The van der Waals surface area contributed by atoms with E-state index in [1.165, 1.54) is 0 Å². The Morgan fingerprint density at radius 3 is 2.31 bits per heavy atom. The lowest BCUT2D eigenvalue weighted by Crippen LogP contribution is -1.85. The van der Waals surface area contributed by atoms with Gasteiger partial charge >= 0.3 is 0 Å². The molecule has 0 amide bonds. The van der Waals surface area contributed by atoms with Crippen LogP contribution in [0.3, 0.4) is 0 Å². The second-order valence-corrected chi connectivity index (χ2v) is 4.25. The zero-order valence-electron chi connectivity index (χ0n) is 8.11. The summed E-state index contributed by atoms with van der Waals surface area (Å²) in [5.41, 5.74) is 1.68. The van der Waals surface area contributed by atoms with E-state index in [9.17, 15) is 0 Å². The quantitative estimate of drug-likeness (QED) is 0.443. The van der Waals surface area contributed by atoms with Crippen LogP contribution in [-0.2, 0) is 0 Å². The van der Waals surface area contributed by atoms with Gasteiger partial charge in [0, 0.05) is 10.8 Å². The number of hydrogen-bond donors (Lipinski definition) is 0. The Morgan fingerprint density at radius 1 is 0.750 bits per heavy atom. The van der Waals surface area contributed by atoms with Crippen molar-refractivity contribution in [3.63, 3.8) is 0 Å². The maximum Gasteiger partial charge on any atom is 0.129 e. The topological polar surface area (TPSA) is 25.8 Å². The molecule has 0 aliphatic carbocycles. The van der Waals surface area contributed by atoms with Crippen LogP contribution < -0.4 is 0 Å². The first-order valence-corrected chi connectivity index (χ1v) is 5.51. The predicted octanol–water partition coefficient (Wildman–Crippen LogP) is 4.09. The molecule has 0 radical (unpaired) electrons. The third-order valence-electron chi connectivity index (χ3n) is 2.46. The number of pyridine rings is 2. The maximum absolute atomic E-state index is 5.89. The summed E-state index contributed by atoms with van der Waals surface area (Å²) >= 11 is 11.7. The van der Waals surface area contributed by atoms with Crippen molar-refractivity contribution in [3.8, 4) is 0 Å². The monoisotopic (exact) mass is 248 g/mol. The third kappa shape index (κ3) is 1.51. The van der Waals surface area contributed by atoms with Crippen molar-refractivity contribution in [2.24, 2.45) is 0 Å². The minimum Gasteiger partial charge on any atom is -0.236 e. The molecular formula is C12H6Cl2N2. The molecule has 1 aromatic carbocycles. The van der Waals surface area contributed by atoms with Crippen molar-refractivity contribution >= 4 is 45.0 Å². The van der Waals surface area contributed by atoms with Crippen LogP contribution >= 0.6 is 23.2 Å². The van der Waals surface area contributed by atoms with Gasteiger partial charge in [0.15, 0.2) is 0 Å². The fraction of sp³-hybridized carbons (Fsp3) is 0. The average Bonchev–Trinajstić information content (AvgIpc) is 2.28. The van der Waals surface area contributed by atoms with Gasteiger partial charge in [-0.1, -0.05) is 29.3 Å². The van der Waals surface area contributed by atoms with Gasteiger partial charge in [0.05, 0.1) is 11.0 Å². The summed E-state index contributed by atoms with van der Waals surface area (Å²) in [4.78, 5) is 8.55. The van der Waals surface area contributed by atoms with E-state index in [0.29, 0.717) is 10.3 Å². The molecule has 2 aromatic heterocycles. The predicted molar refractivity (Wildman–Crippen MR) is 67.1 cm³/mol. The molecule has 0 bridgehead atoms. The molecule has 0 fully saturated rings. The molecule has 4 heteroatoms. The zero-order valence-corrected chi connectivity index (χ0v) is 9.63. The molecule has 0 saturated carbocycles. The van der Waals surface area contributed by atoms with Gasteiger partial charge in [0.2, 0.25) is 0 Å². The van der Waals surface area contributed by atoms with E-state index < -0.39 is 0 Å². The normalized spacial score (nSPS) is 11.1. The van der Waals surface area contributed by atoms with Crippen LogP contribution in [0.2, 0.25) is 10.3 Å². The first kappa shape index (κ1) is 9.82. The van der Waals surface area contributed by atoms with Gasteiger partial charge < -0.3 is 0 Å². The van der Waals surface area contributed by atoms with Crippen LogP contribution in [0.5, 0.6) is 0 Å². The van der Waals surface area contributed by atoms with Gasteiger partial charge in [-0.2, -0.15) is 0 Å². The summed E-state index contributed by atoms with van der Waals surface area (Å²) in [5.74, 6) is 0. The number of fused-ring (bicyclic) bond motifs is 3. The van der Waals surface area contributed by atoms with E-state index in [0.717, 1.165) is 21.8 Å². The Balaban J connectivity index is 2.52. The van der Waals surface area contributed by atoms with E-state index >= 15 is 0 Å². The number of nitrogens with zero attached hydrogens (tertiary/aromatic N) is 2. The minimum absolute atomic E-state index is 0.480. The molecule has 2 nitrogen and oxygen atoms in total. The highest BCUT2D eigenvalue weighted by Crippen LogP contribution is 2.25. The first-order chi connectivity index (χ1) is 7.74. The Labute approximate surface area is 102 Å². The lowest BCUT2D eigenvalue weighted by Gasteiger charge is -2.02. The van der Waals surface area contributed by atoms with Gasteiger partial charge in [-0.25, -0.2) is 9.97 Å². The molecule has 3 rings (SSSR count). The summed E-state index contributed by atoms with van der Waals surface area (Å²) in [6, 6.07) is 11.3. The van der Waals surface area contributed by atoms with Gasteiger partial charge in [0.25, 0.3) is 0 Å². The van der Waals surface area contributed by atoms with E-state index in [1.54, 1.807) is 12.1 Å². The summed E-state index contributed by atoms with van der Waals surface area (Å²) in [6.45, 7) is 0. The number of aromatic nitrogens is 2. The highest BCUT2D eigenvalue weighted by Gasteiger charge is 2.04. The second kappa shape index (κ2) is 3.58. The van der Waals surface area contributed by atoms with Crippen LogP contribution in [0.25, 0.3) is 21.8 Å². The van der Waals surface area contributed by atoms with Crippen LogP contribution in [0.1, 0.15) is 0 Å². The third-order valence-corrected chi connectivity index (χ3v) is 2.88. The smallest absolute Gasteiger partial charge is 0.129 e. The molecule has 0 aliphatic heterocycles. The first-order valence-electron chi connectivity index (χ1n) is 4.75. The van der Waals surface area contributed by atoms with Crippen LogP contribution in [-0.4, -0.2) is 9.97 Å². The molecule has 0 spiro atoms. The Bertz CT molecular complexity index is 695. The van der Waals surface area contributed by atoms with Gasteiger partial charge in [-0.15, -0.1) is 0 Å². The molecule has 2 heterocycles. The molecule has 0 saturated heterocycles. The molecule has 78 valence electrons. The molecule has 16 heavy (non-hydrogen) atoms. The van der Waals surface area contributed by atoms with E-state index in [-0.39, 0.29) is 0 Å². The molecule has 0 N–H and O–H groups in total. The van der Waals surface area contributed by atoms with Crippen molar-refractivity contribution in [1.82, 2.24) is 9.97 Å². The Kier molecular flexibility index (Phi) is 2.20. The van der Waals surface area contributed by atoms with Crippen molar-refractivity contribution in [1.29, 1.82) is 0 Å². The summed E-state index contributed by atoms with van der Waals surface area (Å²) in [7, 11) is 0. The van der Waals surface area contributed by atoms with Crippen molar-refractivity contribution in [2.45, 2.75) is 0 Å². The van der Waals surface area contributed by atoms with E-state index in [1.807, 2.05) is 24.3 Å². The van der Waals surface area contributed by atoms with Crippen molar-refractivity contribution in [3.05, 3.63) is 46.7 Å². The Hall–Kier alpha value is -1.38. The highest BCUT2D eigenvalue weighted by molar-refractivity contribution is 6.30. The summed E-state index contributed by atoms with van der Waals surface area (Å²) in [6.07, 6.45) is 0. The number of rotatable bonds is 0. The molecule has 0 aliphatic rings. The SMILES string of the molecule is Clc1ccc2c(ccc3ccc(Cl)nc32)n1. The molecule has 0 unspecified atom stereocenters. The van der Waals surface area contributed by atoms with Crippen LogP contribution in [0, 0.1) is 0 Å². The molecule has 3 aromatic rings. The summed E-state index contributed by atoms with van der Waals surface area (Å²) < 4.78 is 0. The average molecular weight is 249 g/mol. The highest BCUT2D eigenvalue weighted by atomic mass is 35.5. The number of halogens is 2. The van der Waals surface area contributed by atoms with Crippen molar-refractivity contribution in [2.75, 3.05) is 0 Å². The standard InChI is InChI=1S/C12H6Cl2N2/c13-10-6-3-8-9(15-10)4-1-7-2-5-11(14)16-12(7)8/h1-6H. The van der Waals surface area contributed by atoms with Gasteiger partial charge in [-0.3, -0.25) is 0 Å². The fourth-order valence-electron chi connectivity index (χ4n) is 1.74. The number of hydrogen-bond acceptors (Lipinski definition) is 2. The zero-order chi connectivity index (χ0) is 11.1. The lowest BCUT2D eigenvalue weighted by molar-refractivity contribution is 1.39. The van der Waals surface area contributed by atoms with Gasteiger partial charge in [0.1, 0.15) is 10.3 Å². The van der Waals surface area contributed by atoms with Crippen molar-refractivity contribution < 1.29 is 0 Å². The summed E-state index contributed by atoms with van der Waals surface area (Å²) in [5, 5.41) is 2.97. The molecule has 0 atom stereocenters. The largest absolute Gasteiger partial charge is 0.236 e. The molecular weight excluding hydrogens is 243 g/mol. The maximum atomic E-state index is 5.89. The second-order valence-electron chi connectivity index (χ2n) is 3.47. The number of benzene rings is 1. The lowest BCUT2D eigenvalue weighted by atomic mass is 10.1. The van der Waals surface area contributed by atoms with Crippen LogP contribution in [0.15, 0.2) is 36.4 Å². The van der Waals surface area contributed by atoms with E-state index in [2.05, 4.69) is 9.97 Å².